The van der Waals surface area contributed by atoms with Gasteiger partial charge in [-0.15, -0.1) is 0 Å². The molecule has 0 N–H and O–H groups in total. The molecule has 0 aliphatic carbocycles. The molecule has 0 aliphatic rings. The SMILES string of the molecule is Cc1ccc(C=O)cc1-c1ccccc1F. The summed E-state index contributed by atoms with van der Waals surface area (Å²) >= 11 is 0. The van der Waals surface area contributed by atoms with E-state index >= 15 is 0 Å². The first-order valence-electron chi connectivity index (χ1n) is 5.03. The molecule has 0 saturated carbocycles. The van der Waals surface area contributed by atoms with E-state index in [2.05, 4.69) is 0 Å². The predicted octanol–water partition coefficient (Wildman–Crippen LogP) is 3.61. The Kier molecular flexibility index (Phi) is 2.82. The van der Waals surface area contributed by atoms with E-state index in [4.69, 9.17) is 0 Å². The first-order chi connectivity index (χ1) is 7.72. The summed E-state index contributed by atoms with van der Waals surface area (Å²) in [6, 6.07) is 11.8. The van der Waals surface area contributed by atoms with Crippen LogP contribution in [0.25, 0.3) is 11.1 Å². The van der Waals surface area contributed by atoms with Crippen LogP contribution in [0.5, 0.6) is 0 Å². The standard InChI is InChI=1S/C14H11FO/c1-10-6-7-11(9-16)8-13(10)12-4-2-3-5-14(12)15/h2-9H,1H3. The zero-order valence-corrected chi connectivity index (χ0v) is 8.91. The Morgan fingerprint density at radius 1 is 1.06 bits per heavy atom. The van der Waals surface area contributed by atoms with Crippen molar-refractivity contribution in [1.29, 1.82) is 0 Å². The van der Waals surface area contributed by atoms with Crippen LogP contribution < -0.4 is 0 Å². The lowest BCUT2D eigenvalue weighted by Gasteiger charge is -2.07. The highest BCUT2D eigenvalue weighted by molar-refractivity contribution is 5.80. The van der Waals surface area contributed by atoms with Gasteiger partial charge in [0.2, 0.25) is 0 Å². The summed E-state index contributed by atoms with van der Waals surface area (Å²) in [6.07, 6.45) is 0.768. The van der Waals surface area contributed by atoms with E-state index in [1.54, 1.807) is 30.3 Å². The van der Waals surface area contributed by atoms with Gasteiger partial charge in [-0.3, -0.25) is 4.79 Å². The molecule has 0 fully saturated rings. The number of benzene rings is 2. The second kappa shape index (κ2) is 4.27. The molecule has 0 atom stereocenters. The minimum Gasteiger partial charge on any atom is -0.298 e. The van der Waals surface area contributed by atoms with Gasteiger partial charge in [-0.25, -0.2) is 4.39 Å². The van der Waals surface area contributed by atoms with Gasteiger partial charge >= 0.3 is 0 Å². The molecule has 0 amide bonds. The van der Waals surface area contributed by atoms with E-state index in [0.29, 0.717) is 11.1 Å². The summed E-state index contributed by atoms with van der Waals surface area (Å²) in [5, 5.41) is 0. The first kappa shape index (κ1) is 10.6. The average Bonchev–Trinajstić information content (AvgIpc) is 2.31. The Bertz CT molecular complexity index is 532. The molecule has 16 heavy (non-hydrogen) atoms. The minimum absolute atomic E-state index is 0.270. The van der Waals surface area contributed by atoms with Crippen LogP contribution >= 0.6 is 0 Å². The van der Waals surface area contributed by atoms with E-state index < -0.39 is 0 Å². The molecular weight excluding hydrogens is 203 g/mol. The average molecular weight is 214 g/mol. The first-order valence-corrected chi connectivity index (χ1v) is 5.03. The molecule has 0 bridgehead atoms. The normalized spacial score (nSPS) is 10.1. The maximum Gasteiger partial charge on any atom is 0.150 e. The number of carbonyl (C=O) groups is 1. The van der Waals surface area contributed by atoms with E-state index in [9.17, 15) is 9.18 Å². The topological polar surface area (TPSA) is 17.1 Å². The Morgan fingerprint density at radius 2 is 1.81 bits per heavy atom. The molecule has 1 nitrogen and oxygen atoms in total. The number of rotatable bonds is 2. The second-order valence-corrected chi connectivity index (χ2v) is 3.67. The zero-order valence-electron chi connectivity index (χ0n) is 8.91. The van der Waals surface area contributed by atoms with Crippen molar-refractivity contribution < 1.29 is 9.18 Å². The number of carbonyl (C=O) groups excluding carboxylic acids is 1. The quantitative estimate of drug-likeness (QED) is 0.698. The summed E-state index contributed by atoms with van der Waals surface area (Å²) in [6.45, 7) is 1.90. The molecule has 0 unspecified atom stereocenters. The van der Waals surface area contributed by atoms with Crippen molar-refractivity contribution in [2.24, 2.45) is 0 Å². The Morgan fingerprint density at radius 3 is 2.50 bits per heavy atom. The summed E-state index contributed by atoms with van der Waals surface area (Å²) in [5.74, 6) is -0.270. The van der Waals surface area contributed by atoms with Crippen LogP contribution in [0, 0.1) is 12.7 Å². The highest BCUT2D eigenvalue weighted by Gasteiger charge is 2.07. The number of hydrogen-bond acceptors (Lipinski definition) is 1. The van der Waals surface area contributed by atoms with Crippen LogP contribution in [-0.2, 0) is 0 Å². The summed E-state index contributed by atoms with van der Waals surface area (Å²) in [4.78, 5) is 10.7. The fourth-order valence-electron chi connectivity index (χ4n) is 1.68. The van der Waals surface area contributed by atoms with Gasteiger partial charge < -0.3 is 0 Å². The van der Waals surface area contributed by atoms with Gasteiger partial charge in [0, 0.05) is 11.1 Å². The maximum absolute atomic E-state index is 13.6. The van der Waals surface area contributed by atoms with Crippen molar-refractivity contribution in [3.63, 3.8) is 0 Å². The van der Waals surface area contributed by atoms with E-state index in [-0.39, 0.29) is 5.82 Å². The Hall–Kier alpha value is -1.96. The van der Waals surface area contributed by atoms with Gasteiger partial charge in [0.05, 0.1) is 0 Å². The van der Waals surface area contributed by atoms with Crippen molar-refractivity contribution in [3.05, 3.63) is 59.4 Å². The van der Waals surface area contributed by atoms with Crippen LogP contribution in [-0.4, -0.2) is 6.29 Å². The second-order valence-electron chi connectivity index (χ2n) is 3.67. The van der Waals surface area contributed by atoms with Gasteiger partial charge in [-0.05, 0) is 30.2 Å². The fraction of sp³-hybridized carbons (Fsp3) is 0.0714. The Labute approximate surface area is 93.5 Å². The minimum atomic E-state index is -0.270. The van der Waals surface area contributed by atoms with Crippen LogP contribution in [0.4, 0.5) is 4.39 Å². The maximum atomic E-state index is 13.6. The molecule has 2 rings (SSSR count). The number of aryl methyl sites for hydroxylation is 1. The lowest BCUT2D eigenvalue weighted by molar-refractivity contribution is 0.112. The highest BCUT2D eigenvalue weighted by atomic mass is 19.1. The smallest absolute Gasteiger partial charge is 0.150 e. The molecular formula is C14H11FO. The van der Waals surface area contributed by atoms with Gasteiger partial charge in [-0.1, -0.05) is 30.3 Å². The zero-order chi connectivity index (χ0) is 11.5. The molecule has 2 heteroatoms. The van der Waals surface area contributed by atoms with Gasteiger partial charge in [0.1, 0.15) is 12.1 Å². The van der Waals surface area contributed by atoms with Crippen molar-refractivity contribution in [2.75, 3.05) is 0 Å². The van der Waals surface area contributed by atoms with Crippen LogP contribution in [0.2, 0.25) is 0 Å². The molecule has 80 valence electrons. The Balaban J connectivity index is 2.63. The molecule has 0 saturated heterocycles. The summed E-state index contributed by atoms with van der Waals surface area (Å²) in [5.41, 5.74) is 2.81. The molecule has 0 heterocycles. The summed E-state index contributed by atoms with van der Waals surface area (Å²) in [7, 11) is 0. The van der Waals surface area contributed by atoms with Crippen molar-refractivity contribution in [2.45, 2.75) is 6.92 Å². The molecule has 0 radical (unpaired) electrons. The number of halogens is 1. The number of hydrogen-bond donors (Lipinski definition) is 0. The van der Waals surface area contributed by atoms with Crippen molar-refractivity contribution >= 4 is 6.29 Å². The molecule has 0 aliphatic heterocycles. The predicted molar refractivity (Wildman–Crippen MR) is 62.0 cm³/mol. The monoisotopic (exact) mass is 214 g/mol. The van der Waals surface area contributed by atoms with Gasteiger partial charge in [0.25, 0.3) is 0 Å². The molecule has 0 aromatic heterocycles. The van der Waals surface area contributed by atoms with E-state index in [1.165, 1.54) is 6.07 Å². The fourth-order valence-corrected chi connectivity index (χ4v) is 1.68. The lowest BCUT2D eigenvalue weighted by Crippen LogP contribution is -1.89. The third-order valence-electron chi connectivity index (χ3n) is 2.56. The van der Waals surface area contributed by atoms with Crippen molar-refractivity contribution in [1.82, 2.24) is 0 Å². The van der Waals surface area contributed by atoms with Crippen LogP contribution in [0.1, 0.15) is 15.9 Å². The van der Waals surface area contributed by atoms with E-state index in [0.717, 1.165) is 17.4 Å². The number of aldehydes is 1. The third-order valence-corrected chi connectivity index (χ3v) is 2.56. The molecule has 2 aromatic rings. The molecule has 2 aromatic carbocycles. The highest BCUT2D eigenvalue weighted by Crippen LogP contribution is 2.26. The largest absolute Gasteiger partial charge is 0.298 e. The van der Waals surface area contributed by atoms with Gasteiger partial charge in [-0.2, -0.15) is 0 Å². The summed E-state index contributed by atoms with van der Waals surface area (Å²) < 4.78 is 13.6. The van der Waals surface area contributed by atoms with E-state index in [1.807, 2.05) is 13.0 Å². The molecule has 0 spiro atoms. The lowest BCUT2D eigenvalue weighted by atomic mass is 9.98. The third kappa shape index (κ3) is 1.87. The van der Waals surface area contributed by atoms with Gasteiger partial charge in [0.15, 0.2) is 0 Å². The van der Waals surface area contributed by atoms with Crippen LogP contribution in [0.15, 0.2) is 42.5 Å². The van der Waals surface area contributed by atoms with Crippen molar-refractivity contribution in [3.8, 4) is 11.1 Å². The van der Waals surface area contributed by atoms with Crippen LogP contribution in [0.3, 0.4) is 0 Å².